The van der Waals surface area contributed by atoms with Crippen LogP contribution in [0.25, 0.3) is 0 Å². The predicted molar refractivity (Wildman–Crippen MR) is 121 cm³/mol. The van der Waals surface area contributed by atoms with Crippen molar-refractivity contribution < 1.29 is 23.4 Å². The monoisotopic (exact) mass is 436 g/mol. The van der Waals surface area contributed by atoms with Crippen LogP contribution in [0, 0.1) is 5.82 Å². The van der Waals surface area contributed by atoms with Crippen LogP contribution in [0.1, 0.15) is 34.8 Å². The number of hydrazone groups is 1. The van der Waals surface area contributed by atoms with E-state index in [1.165, 1.54) is 25.5 Å². The molecule has 0 saturated carbocycles. The van der Waals surface area contributed by atoms with Gasteiger partial charge in [-0.05, 0) is 54.4 Å². The first-order valence-electron chi connectivity index (χ1n) is 10.2. The molecule has 0 unspecified atom stereocenters. The normalized spacial score (nSPS) is 10.7. The van der Waals surface area contributed by atoms with E-state index in [0.29, 0.717) is 40.5 Å². The molecule has 0 aliphatic heterocycles. The zero-order valence-corrected chi connectivity index (χ0v) is 18.0. The number of hydrogen-bond donors (Lipinski definition) is 1. The first kappa shape index (κ1) is 22.8. The number of ether oxygens (including phenoxy) is 3. The van der Waals surface area contributed by atoms with E-state index in [2.05, 4.69) is 10.5 Å². The number of carbonyl (C=O) groups excluding carboxylic acids is 1. The zero-order chi connectivity index (χ0) is 22.8. The Morgan fingerprint density at radius 2 is 1.84 bits per heavy atom. The number of benzene rings is 3. The molecule has 3 rings (SSSR count). The number of nitrogens with one attached hydrogen (secondary N) is 1. The summed E-state index contributed by atoms with van der Waals surface area (Å²) in [6.07, 6.45) is 2.36. The van der Waals surface area contributed by atoms with Crippen molar-refractivity contribution in [2.75, 3.05) is 13.7 Å². The van der Waals surface area contributed by atoms with Gasteiger partial charge in [0.2, 0.25) is 0 Å². The molecule has 0 aromatic heterocycles. The topological polar surface area (TPSA) is 69.2 Å². The number of rotatable bonds is 10. The van der Waals surface area contributed by atoms with Gasteiger partial charge >= 0.3 is 0 Å². The summed E-state index contributed by atoms with van der Waals surface area (Å²) in [5.74, 6) is 0.920. The number of hydrogen-bond acceptors (Lipinski definition) is 5. The van der Waals surface area contributed by atoms with Crippen LogP contribution in [0.4, 0.5) is 4.39 Å². The van der Waals surface area contributed by atoms with E-state index in [-0.39, 0.29) is 18.3 Å². The number of methoxy groups -OCH3 is 1. The van der Waals surface area contributed by atoms with Crippen LogP contribution in [0.3, 0.4) is 0 Å². The smallest absolute Gasteiger partial charge is 0.271 e. The molecular formula is C25H25FN2O4. The fourth-order valence-electron chi connectivity index (χ4n) is 2.87. The minimum Gasteiger partial charge on any atom is -0.493 e. The third-order valence-corrected chi connectivity index (χ3v) is 4.46. The van der Waals surface area contributed by atoms with E-state index in [1.54, 1.807) is 42.5 Å². The molecule has 0 aliphatic rings. The minimum atomic E-state index is -0.389. The highest BCUT2D eigenvalue weighted by Crippen LogP contribution is 2.28. The molecule has 0 heterocycles. The van der Waals surface area contributed by atoms with E-state index < -0.39 is 0 Å². The summed E-state index contributed by atoms with van der Waals surface area (Å²) < 4.78 is 30.1. The van der Waals surface area contributed by atoms with Gasteiger partial charge in [-0.1, -0.05) is 31.2 Å². The predicted octanol–water partition coefficient (Wildman–Crippen LogP) is 4.97. The lowest BCUT2D eigenvalue weighted by Crippen LogP contribution is -2.17. The van der Waals surface area contributed by atoms with Crippen molar-refractivity contribution in [3.8, 4) is 17.2 Å². The molecule has 0 bridgehead atoms. The third kappa shape index (κ3) is 6.31. The van der Waals surface area contributed by atoms with Gasteiger partial charge in [-0.2, -0.15) is 5.10 Å². The van der Waals surface area contributed by atoms with E-state index in [1.807, 2.05) is 19.1 Å². The standard InChI is InChI=1S/C25H25FN2O4/c1-3-13-31-23-12-11-19(15-24(23)30-2)25(29)28-27-16-20-8-4-5-10-22(20)32-17-18-7-6-9-21(26)14-18/h4-12,14-16H,3,13,17H2,1-2H3,(H,28,29)/b27-16+. The second kappa shape index (κ2) is 11.5. The highest BCUT2D eigenvalue weighted by Gasteiger charge is 2.11. The van der Waals surface area contributed by atoms with E-state index >= 15 is 0 Å². The van der Waals surface area contributed by atoms with Crippen LogP contribution in [0.5, 0.6) is 17.2 Å². The Kier molecular flexibility index (Phi) is 8.20. The lowest BCUT2D eigenvalue weighted by molar-refractivity contribution is 0.0954. The summed E-state index contributed by atoms with van der Waals surface area (Å²) in [6.45, 7) is 2.78. The van der Waals surface area contributed by atoms with Crippen molar-refractivity contribution in [1.82, 2.24) is 5.43 Å². The maximum absolute atomic E-state index is 13.3. The summed E-state index contributed by atoms with van der Waals surface area (Å²) in [6, 6.07) is 18.4. The average molecular weight is 436 g/mol. The van der Waals surface area contributed by atoms with Gasteiger partial charge in [-0.15, -0.1) is 0 Å². The van der Waals surface area contributed by atoms with Crippen LogP contribution in [0.2, 0.25) is 0 Å². The summed E-state index contributed by atoms with van der Waals surface area (Å²) >= 11 is 0. The molecular weight excluding hydrogens is 411 g/mol. The molecule has 1 N–H and O–H groups in total. The van der Waals surface area contributed by atoms with Gasteiger partial charge in [-0.3, -0.25) is 4.79 Å². The van der Waals surface area contributed by atoms with E-state index in [9.17, 15) is 9.18 Å². The Morgan fingerprint density at radius 1 is 1.00 bits per heavy atom. The van der Waals surface area contributed by atoms with Crippen molar-refractivity contribution in [1.29, 1.82) is 0 Å². The second-order valence-electron chi connectivity index (χ2n) is 6.87. The molecule has 32 heavy (non-hydrogen) atoms. The third-order valence-electron chi connectivity index (χ3n) is 4.46. The largest absolute Gasteiger partial charge is 0.493 e. The van der Waals surface area contributed by atoms with E-state index in [0.717, 1.165) is 6.42 Å². The van der Waals surface area contributed by atoms with Gasteiger partial charge in [0.25, 0.3) is 5.91 Å². The first-order valence-corrected chi connectivity index (χ1v) is 10.2. The number of carbonyl (C=O) groups is 1. The summed E-state index contributed by atoms with van der Waals surface area (Å²) in [5.41, 5.74) is 4.27. The van der Waals surface area contributed by atoms with Crippen molar-refractivity contribution >= 4 is 12.1 Å². The van der Waals surface area contributed by atoms with Gasteiger partial charge in [0, 0.05) is 11.1 Å². The van der Waals surface area contributed by atoms with Crippen LogP contribution in [-0.2, 0) is 6.61 Å². The number of amides is 1. The van der Waals surface area contributed by atoms with Crippen LogP contribution in [-0.4, -0.2) is 25.8 Å². The van der Waals surface area contributed by atoms with Crippen molar-refractivity contribution in [2.24, 2.45) is 5.10 Å². The van der Waals surface area contributed by atoms with E-state index in [4.69, 9.17) is 14.2 Å². The molecule has 6 nitrogen and oxygen atoms in total. The Hall–Kier alpha value is -3.87. The molecule has 0 aliphatic carbocycles. The van der Waals surface area contributed by atoms with Gasteiger partial charge in [0.15, 0.2) is 11.5 Å². The molecule has 0 saturated heterocycles. The van der Waals surface area contributed by atoms with Crippen LogP contribution >= 0.6 is 0 Å². The maximum Gasteiger partial charge on any atom is 0.271 e. The Balaban J connectivity index is 1.64. The molecule has 3 aromatic carbocycles. The number of nitrogens with zero attached hydrogens (tertiary/aromatic N) is 1. The summed E-state index contributed by atoms with van der Waals surface area (Å²) in [4.78, 5) is 12.5. The quantitative estimate of drug-likeness (QED) is 0.360. The van der Waals surface area contributed by atoms with Gasteiger partial charge in [0.05, 0.1) is 19.9 Å². The maximum atomic E-state index is 13.3. The number of halogens is 1. The minimum absolute atomic E-state index is 0.210. The second-order valence-corrected chi connectivity index (χ2v) is 6.87. The number of para-hydroxylation sites is 1. The SMILES string of the molecule is CCCOc1ccc(C(=O)N/N=C/c2ccccc2OCc2cccc(F)c2)cc1OC. The van der Waals surface area contributed by atoms with Crippen molar-refractivity contribution in [3.63, 3.8) is 0 Å². The molecule has 0 spiro atoms. The van der Waals surface area contributed by atoms with Crippen molar-refractivity contribution in [3.05, 3.63) is 89.2 Å². The molecule has 3 aromatic rings. The van der Waals surface area contributed by atoms with Gasteiger partial charge in [-0.25, -0.2) is 9.82 Å². The lowest BCUT2D eigenvalue weighted by Gasteiger charge is -2.11. The molecule has 1 amide bonds. The van der Waals surface area contributed by atoms with Gasteiger partial charge in [0.1, 0.15) is 18.2 Å². The fraction of sp³-hybridized carbons (Fsp3) is 0.200. The lowest BCUT2D eigenvalue weighted by atomic mass is 10.2. The molecule has 0 radical (unpaired) electrons. The molecule has 166 valence electrons. The first-order chi connectivity index (χ1) is 15.6. The zero-order valence-electron chi connectivity index (χ0n) is 18.0. The van der Waals surface area contributed by atoms with Crippen LogP contribution < -0.4 is 19.6 Å². The highest BCUT2D eigenvalue weighted by atomic mass is 19.1. The molecule has 0 fully saturated rings. The van der Waals surface area contributed by atoms with Crippen LogP contribution in [0.15, 0.2) is 71.8 Å². The summed E-state index contributed by atoms with van der Waals surface area (Å²) in [5, 5.41) is 4.04. The summed E-state index contributed by atoms with van der Waals surface area (Å²) in [7, 11) is 1.52. The fourth-order valence-corrected chi connectivity index (χ4v) is 2.87. The highest BCUT2D eigenvalue weighted by molar-refractivity contribution is 5.95. The Labute approximate surface area is 186 Å². The Bertz CT molecular complexity index is 1090. The van der Waals surface area contributed by atoms with Crippen molar-refractivity contribution in [2.45, 2.75) is 20.0 Å². The average Bonchev–Trinajstić information content (AvgIpc) is 2.82. The van der Waals surface area contributed by atoms with Gasteiger partial charge < -0.3 is 14.2 Å². The Morgan fingerprint density at radius 3 is 2.62 bits per heavy atom. The molecule has 0 atom stereocenters. The molecule has 7 heteroatoms.